The molecule has 6 nitrogen and oxygen atoms in total. The molecule has 28 heavy (non-hydrogen) atoms. The number of carbonyl (C=O) groups is 3. The number of ether oxygens (including phenoxy) is 1. The number of imide groups is 1. The van der Waals surface area contributed by atoms with Crippen molar-refractivity contribution in [2.75, 3.05) is 11.9 Å². The van der Waals surface area contributed by atoms with Crippen LogP contribution >= 0.6 is 0 Å². The SMILES string of the molecule is O=C(COC(=O)CC12CC3CC(CC(C3)C1)C2)NC(=O)Nc1ccccc1F. The number of nitrogens with one attached hydrogen (secondary N) is 2. The number of hydrogen-bond acceptors (Lipinski definition) is 4. The summed E-state index contributed by atoms with van der Waals surface area (Å²) in [4.78, 5) is 35.9. The Morgan fingerprint density at radius 1 is 1.04 bits per heavy atom. The fourth-order valence-electron chi connectivity index (χ4n) is 5.89. The van der Waals surface area contributed by atoms with Gasteiger partial charge in [0.2, 0.25) is 0 Å². The number of para-hydroxylation sites is 1. The average molecular weight is 388 g/mol. The highest BCUT2D eigenvalue weighted by Crippen LogP contribution is 2.61. The van der Waals surface area contributed by atoms with Crippen molar-refractivity contribution in [2.24, 2.45) is 23.2 Å². The summed E-state index contributed by atoms with van der Waals surface area (Å²) in [7, 11) is 0. The first-order chi connectivity index (χ1) is 13.4. The molecule has 1 aromatic carbocycles. The third-order valence-corrected chi connectivity index (χ3v) is 6.42. The molecule has 0 saturated heterocycles. The van der Waals surface area contributed by atoms with E-state index in [2.05, 4.69) is 5.32 Å². The number of carbonyl (C=O) groups excluding carboxylic acids is 3. The van der Waals surface area contributed by atoms with Crippen LogP contribution in [0.15, 0.2) is 24.3 Å². The van der Waals surface area contributed by atoms with Crippen LogP contribution in [0.5, 0.6) is 0 Å². The molecule has 4 aliphatic rings. The molecule has 0 spiro atoms. The Morgan fingerprint density at radius 2 is 1.64 bits per heavy atom. The third kappa shape index (κ3) is 4.18. The lowest BCUT2D eigenvalue weighted by Crippen LogP contribution is -2.47. The summed E-state index contributed by atoms with van der Waals surface area (Å²) in [6.07, 6.45) is 7.52. The van der Waals surface area contributed by atoms with Crippen LogP contribution in [0.2, 0.25) is 0 Å². The van der Waals surface area contributed by atoms with E-state index in [9.17, 15) is 18.8 Å². The summed E-state index contributed by atoms with van der Waals surface area (Å²) in [5.74, 6) is 0.490. The van der Waals surface area contributed by atoms with Crippen molar-refractivity contribution < 1.29 is 23.5 Å². The Kier molecular flexibility index (Phi) is 5.08. The van der Waals surface area contributed by atoms with Crippen LogP contribution in [-0.2, 0) is 14.3 Å². The zero-order chi connectivity index (χ0) is 19.7. The van der Waals surface area contributed by atoms with Crippen molar-refractivity contribution in [2.45, 2.75) is 44.9 Å². The summed E-state index contributed by atoms with van der Waals surface area (Å²) >= 11 is 0. The van der Waals surface area contributed by atoms with E-state index in [-0.39, 0.29) is 17.1 Å². The average Bonchev–Trinajstić information content (AvgIpc) is 2.60. The molecule has 0 heterocycles. The Bertz CT molecular complexity index is 759. The molecule has 1 aromatic rings. The molecular weight excluding hydrogens is 363 g/mol. The Labute approximate surface area is 163 Å². The molecule has 4 fully saturated rings. The number of amides is 3. The summed E-state index contributed by atoms with van der Waals surface area (Å²) in [5.41, 5.74) is 0.0106. The number of rotatable bonds is 5. The maximum Gasteiger partial charge on any atom is 0.326 e. The van der Waals surface area contributed by atoms with Gasteiger partial charge in [0, 0.05) is 0 Å². The number of urea groups is 1. The predicted octanol–water partition coefficient (Wildman–Crippen LogP) is 3.62. The van der Waals surface area contributed by atoms with E-state index in [1.807, 2.05) is 5.32 Å². The summed E-state index contributed by atoms with van der Waals surface area (Å²) in [5, 5.41) is 4.28. The van der Waals surface area contributed by atoms with E-state index in [4.69, 9.17) is 4.74 Å². The number of benzene rings is 1. The summed E-state index contributed by atoms with van der Waals surface area (Å²) in [6, 6.07) is 4.76. The fourth-order valence-corrected chi connectivity index (χ4v) is 5.89. The van der Waals surface area contributed by atoms with E-state index in [0.29, 0.717) is 6.42 Å². The van der Waals surface area contributed by atoms with Crippen molar-refractivity contribution in [3.8, 4) is 0 Å². The molecule has 2 N–H and O–H groups in total. The van der Waals surface area contributed by atoms with Crippen molar-refractivity contribution in [3.63, 3.8) is 0 Å². The van der Waals surface area contributed by atoms with Gasteiger partial charge in [-0.2, -0.15) is 0 Å². The first-order valence-corrected chi connectivity index (χ1v) is 9.92. The first-order valence-electron chi connectivity index (χ1n) is 9.92. The van der Waals surface area contributed by atoms with Crippen molar-refractivity contribution in [1.29, 1.82) is 0 Å². The molecule has 4 saturated carbocycles. The highest BCUT2D eigenvalue weighted by Gasteiger charge is 2.51. The monoisotopic (exact) mass is 388 g/mol. The lowest BCUT2D eigenvalue weighted by atomic mass is 9.49. The molecule has 4 aliphatic carbocycles. The van der Waals surface area contributed by atoms with Crippen LogP contribution in [0.1, 0.15) is 44.9 Å². The number of anilines is 1. The van der Waals surface area contributed by atoms with Gasteiger partial charge in [-0.25, -0.2) is 9.18 Å². The third-order valence-electron chi connectivity index (χ3n) is 6.42. The Morgan fingerprint density at radius 3 is 2.25 bits per heavy atom. The van der Waals surface area contributed by atoms with Crippen LogP contribution in [0.3, 0.4) is 0 Å². The van der Waals surface area contributed by atoms with Gasteiger partial charge in [0.05, 0.1) is 12.1 Å². The van der Waals surface area contributed by atoms with E-state index < -0.39 is 24.4 Å². The van der Waals surface area contributed by atoms with Gasteiger partial charge >= 0.3 is 12.0 Å². The molecule has 0 radical (unpaired) electrons. The van der Waals surface area contributed by atoms with Crippen molar-refractivity contribution in [1.82, 2.24) is 5.32 Å². The van der Waals surface area contributed by atoms with Crippen molar-refractivity contribution in [3.05, 3.63) is 30.1 Å². The molecule has 0 aliphatic heterocycles. The molecule has 150 valence electrons. The second-order valence-electron chi connectivity index (χ2n) is 8.74. The van der Waals surface area contributed by atoms with Gasteiger partial charge < -0.3 is 10.1 Å². The fraction of sp³-hybridized carbons (Fsp3) is 0.571. The van der Waals surface area contributed by atoms with Crippen LogP contribution in [-0.4, -0.2) is 24.5 Å². The molecule has 0 unspecified atom stereocenters. The van der Waals surface area contributed by atoms with Crippen LogP contribution in [0.4, 0.5) is 14.9 Å². The molecule has 5 rings (SSSR count). The van der Waals surface area contributed by atoms with Crippen LogP contribution < -0.4 is 10.6 Å². The molecule has 0 aromatic heterocycles. The lowest BCUT2D eigenvalue weighted by Gasteiger charge is -2.56. The largest absolute Gasteiger partial charge is 0.456 e. The number of esters is 1. The van der Waals surface area contributed by atoms with Gasteiger partial charge in [0.25, 0.3) is 5.91 Å². The number of halogens is 1. The lowest BCUT2D eigenvalue weighted by molar-refractivity contribution is -0.155. The first kappa shape index (κ1) is 18.9. The predicted molar refractivity (Wildman–Crippen MR) is 99.7 cm³/mol. The van der Waals surface area contributed by atoms with Crippen molar-refractivity contribution >= 4 is 23.6 Å². The topological polar surface area (TPSA) is 84.5 Å². The van der Waals surface area contributed by atoms with Gasteiger partial charge in [-0.05, 0) is 73.8 Å². The minimum absolute atomic E-state index is 0.0355. The highest BCUT2D eigenvalue weighted by molar-refractivity contribution is 6.01. The standard InChI is InChI=1S/C21H25FN2O4/c22-16-3-1-2-4-17(16)23-20(27)24-18(25)12-28-19(26)11-21-8-13-5-14(9-21)7-15(6-13)10-21/h1-4,13-15H,5-12H2,(H2,23,24,25,27). The van der Waals surface area contributed by atoms with E-state index in [1.54, 1.807) is 6.07 Å². The summed E-state index contributed by atoms with van der Waals surface area (Å²) < 4.78 is 18.6. The summed E-state index contributed by atoms with van der Waals surface area (Å²) in [6.45, 7) is -0.518. The minimum atomic E-state index is -0.868. The van der Waals surface area contributed by atoms with Gasteiger partial charge in [-0.1, -0.05) is 12.1 Å². The minimum Gasteiger partial charge on any atom is -0.456 e. The van der Waals surface area contributed by atoms with Gasteiger partial charge in [-0.3, -0.25) is 14.9 Å². The second-order valence-corrected chi connectivity index (χ2v) is 8.74. The second kappa shape index (κ2) is 7.53. The normalized spacial score (nSPS) is 30.0. The van der Waals surface area contributed by atoms with Gasteiger partial charge in [-0.15, -0.1) is 0 Å². The van der Waals surface area contributed by atoms with Crippen LogP contribution in [0, 0.1) is 29.0 Å². The van der Waals surface area contributed by atoms with E-state index in [0.717, 1.165) is 37.0 Å². The zero-order valence-corrected chi connectivity index (χ0v) is 15.7. The van der Waals surface area contributed by atoms with Crippen LogP contribution in [0.25, 0.3) is 0 Å². The maximum absolute atomic E-state index is 13.5. The maximum atomic E-state index is 13.5. The Hall–Kier alpha value is -2.44. The van der Waals surface area contributed by atoms with E-state index in [1.165, 1.54) is 37.5 Å². The zero-order valence-electron chi connectivity index (χ0n) is 15.7. The highest BCUT2D eigenvalue weighted by atomic mass is 19.1. The molecular formula is C21H25FN2O4. The molecule has 4 bridgehead atoms. The van der Waals surface area contributed by atoms with E-state index >= 15 is 0 Å². The quantitative estimate of drug-likeness (QED) is 0.755. The Balaban J connectivity index is 1.22. The molecule has 0 atom stereocenters. The van der Waals surface area contributed by atoms with Gasteiger partial charge in [0.15, 0.2) is 6.61 Å². The molecule has 3 amide bonds. The smallest absolute Gasteiger partial charge is 0.326 e. The van der Waals surface area contributed by atoms with Gasteiger partial charge in [0.1, 0.15) is 5.82 Å². The number of hydrogen-bond donors (Lipinski definition) is 2. The molecule has 7 heteroatoms.